The molecule has 0 bridgehead atoms. The van der Waals surface area contributed by atoms with Crippen LogP contribution in [0.25, 0.3) is 0 Å². The van der Waals surface area contributed by atoms with Gasteiger partial charge in [0.05, 0.1) is 20.4 Å². The molecule has 2 aromatic rings. The lowest BCUT2D eigenvalue weighted by Crippen LogP contribution is -2.30. The van der Waals surface area contributed by atoms with Gasteiger partial charge in [-0.2, -0.15) is 0 Å². The van der Waals surface area contributed by atoms with E-state index in [4.69, 9.17) is 14.3 Å². The number of methoxy groups -OCH3 is 2. The van der Waals surface area contributed by atoms with Crippen molar-refractivity contribution in [2.75, 3.05) is 27.4 Å². The van der Waals surface area contributed by atoms with Gasteiger partial charge in [0.2, 0.25) is 0 Å². The van der Waals surface area contributed by atoms with E-state index in [1.54, 1.807) is 26.4 Å². The number of rotatable bonds is 9. The Morgan fingerprint density at radius 1 is 1.12 bits per heavy atom. The normalized spacial score (nSPS) is 11.8. The average Bonchev–Trinajstić information content (AvgIpc) is 2.69. The van der Waals surface area contributed by atoms with Crippen molar-refractivity contribution >= 4 is 12.1 Å². The Kier molecular flexibility index (Phi) is 7.49. The van der Waals surface area contributed by atoms with Gasteiger partial charge in [-0.15, -0.1) is 0 Å². The van der Waals surface area contributed by atoms with E-state index in [1.165, 1.54) is 11.8 Å². The Labute approximate surface area is 153 Å². The highest BCUT2D eigenvalue weighted by Crippen LogP contribution is 2.26. The molecule has 6 heteroatoms. The molecule has 0 aromatic heterocycles. The van der Waals surface area contributed by atoms with E-state index in [1.807, 2.05) is 36.4 Å². The van der Waals surface area contributed by atoms with Crippen molar-refractivity contribution in [3.63, 3.8) is 0 Å². The topological polar surface area (TPSA) is 69.2 Å². The van der Waals surface area contributed by atoms with Crippen LogP contribution >= 0.6 is 0 Å². The summed E-state index contributed by atoms with van der Waals surface area (Å²) in [5.74, 6) is 1.26. The Hall–Kier alpha value is -3.02. The molecule has 0 radical (unpaired) electrons. The van der Waals surface area contributed by atoms with Gasteiger partial charge >= 0.3 is 0 Å². The predicted molar refractivity (Wildman–Crippen MR) is 101 cm³/mol. The zero-order valence-electron chi connectivity index (χ0n) is 15.3. The van der Waals surface area contributed by atoms with E-state index in [0.29, 0.717) is 18.0 Å². The SMILES string of the molecule is COc1ccc(/C=N/OCC(=O)NCC(C)c2ccccc2)cc1OC. The fourth-order valence-electron chi connectivity index (χ4n) is 2.34. The average molecular weight is 356 g/mol. The van der Waals surface area contributed by atoms with Gasteiger partial charge in [-0.05, 0) is 29.7 Å². The van der Waals surface area contributed by atoms with Crippen molar-refractivity contribution < 1.29 is 19.1 Å². The van der Waals surface area contributed by atoms with Gasteiger partial charge < -0.3 is 19.6 Å². The van der Waals surface area contributed by atoms with Crippen LogP contribution in [0.3, 0.4) is 0 Å². The summed E-state index contributed by atoms with van der Waals surface area (Å²) in [5.41, 5.74) is 1.96. The molecule has 1 unspecified atom stereocenters. The first-order chi connectivity index (χ1) is 12.6. The first-order valence-corrected chi connectivity index (χ1v) is 8.33. The number of nitrogens with zero attached hydrogens (tertiary/aromatic N) is 1. The van der Waals surface area contributed by atoms with Crippen LogP contribution in [0.4, 0.5) is 0 Å². The molecule has 0 aliphatic rings. The lowest BCUT2D eigenvalue weighted by molar-refractivity contribution is -0.125. The highest BCUT2D eigenvalue weighted by atomic mass is 16.6. The summed E-state index contributed by atoms with van der Waals surface area (Å²) in [5, 5.41) is 6.65. The Bertz CT molecular complexity index is 732. The van der Waals surface area contributed by atoms with E-state index < -0.39 is 0 Å². The van der Waals surface area contributed by atoms with E-state index in [9.17, 15) is 4.79 Å². The lowest BCUT2D eigenvalue weighted by atomic mass is 10.0. The standard InChI is InChI=1S/C20H24N2O4/c1-15(17-7-5-4-6-8-17)12-21-20(23)14-26-22-13-16-9-10-18(24-2)19(11-16)25-3/h4-11,13,15H,12,14H2,1-3H3,(H,21,23)/b22-13+. The molecule has 26 heavy (non-hydrogen) atoms. The van der Waals surface area contributed by atoms with E-state index >= 15 is 0 Å². The molecule has 1 amide bonds. The number of benzene rings is 2. The van der Waals surface area contributed by atoms with Gasteiger partial charge in [-0.25, -0.2) is 0 Å². The first kappa shape index (κ1) is 19.3. The third-order valence-electron chi connectivity index (χ3n) is 3.85. The summed E-state index contributed by atoms with van der Waals surface area (Å²) in [6, 6.07) is 15.4. The fourth-order valence-corrected chi connectivity index (χ4v) is 2.34. The molecule has 0 saturated heterocycles. The van der Waals surface area contributed by atoms with Crippen LogP contribution in [0.1, 0.15) is 24.0 Å². The van der Waals surface area contributed by atoms with Gasteiger partial charge in [-0.3, -0.25) is 4.79 Å². The molecule has 0 heterocycles. The molecule has 0 aliphatic carbocycles. The van der Waals surface area contributed by atoms with Crippen LogP contribution in [-0.2, 0) is 9.63 Å². The molecule has 0 spiro atoms. The highest BCUT2D eigenvalue weighted by Gasteiger charge is 2.08. The molecule has 138 valence electrons. The maximum absolute atomic E-state index is 11.8. The molecule has 1 atom stereocenters. The molecule has 1 N–H and O–H groups in total. The maximum Gasteiger partial charge on any atom is 0.260 e. The maximum atomic E-state index is 11.8. The predicted octanol–water partition coefficient (Wildman–Crippen LogP) is 2.97. The molecular weight excluding hydrogens is 332 g/mol. The minimum Gasteiger partial charge on any atom is -0.493 e. The van der Waals surface area contributed by atoms with Crippen molar-refractivity contribution in [1.29, 1.82) is 0 Å². The van der Waals surface area contributed by atoms with Crippen molar-refractivity contribution in [1.82, 2.24) is 5.32 Å². The van der Waals surface area contributed by atoms with Crippen LogP contribution in [0.5, 0.6) is 11.5 Å². The van der Waals surface area contributed by atoms with Gasteiger partial charge in [0, 0.05) is 12.1 Å². The second kappa shape index (κ2) is 10.1. The van der Waals surface area contributed by atoms with Gasteiger partial charge in [-0.1, -0.05) is 42.4 Å². The summed E-state index contributed by atoms with van der Waals surface area (Å²) in [4.78, 5) is 16.9. The molecule has 0 saturated carbocycles. The largest absolute Gasteiger partial charge is 0.493 e. The first-order valence-electron chi connectivity index (χ1n) is 8.33. The van der Waals surface area contributed by atoms with Crippen molar-refractivity contribution in [3.8, 4) is 11.5 Å². The van der Waals surface area contributed by atoms with Crippen LogP contribution in [-0.4, -0.2) is 39.5 Å². The third-order valence-corrected chi connectivity index (χ3v) is 3.85. The Balaban J connectivity index is 1.75. The zero-order valence-corrected chi connectivity index (χ0v) is 15.3. The zero-order chi connectivity index (χ0) is 18.8. The second-order valence-corrected chi connectivity index (χ2v) is 5.74. The molecule has 2 aromatic carbocycles. The third kappa shape index (κ3) is 5.81. The molecule has 6 nitrogen and oxygen atoms in total. The fraction of sp³-hybridized carbons (Fsp3) is 0.300. The number of hydrogen-bond acceptors (Lipinski definition) is 5. The molecule has 0 fully saturated rings. The number of hydrogen-bond donors (Lipinski definition) is 1. The summed E-state index contributed by atoms with van der Waals surface area (Å²) in [6.07, 6.45) is 1.52. The Morgan fingerprint density at radius 2 is 1.85 bits per heavy atom. The van der Waals surface area contributed by atoms with Crippen molar-refractivity contribution in [2.45, 2.75) is 12.8 Å². The van der Waals surface area contributed by atoms with Gasteiger partial charge in [0.15, 0.2) is 18.1 Å². The van der Waals surface area contributed by atoms with E-state index in [-0.39, 0.29) is 18.4 Å². The summed E-state index contributed by atoms with van der Waals surface area (Å²) in [6.45, 7) is 2.47. The van der Waals surface area contributed by atoms with E-state index in [2.05, 4.69) is 17.4 Å². The summed E-state index contributed by atoms with van der Waals surface area (Å²) in [7, 11) is 3.14. The second-order valence-electron chi connectivity index (χ2n) is 5.74. The molecule has 0 aliphatic heterocycles. The minimum atomic E-state index is -0.211. The number of nitrogens with one attached hydrogen (secondary N) is 1. The number of amides is 1. The number of oxime groups is 1. The highest BCUT2D eigenvalue weighted by molar-refractivity contribution is 5.81. The van der Waals surface area contributed by atoms with Crippen LogP contribution < -0.4 is 14.8 Å². The monoisotopic (exact) mass is 356 g/mol. The number of carbonyl (C=O) groups is 1. The Morgan fingerprint density at radius 3 is 2.54 bits per heavy atom. The lowest BCUT2D eigenvalue weighted by Gasteiger charge is -2.12. The summed E-state index contributed by atoms with van der Waals surface area (Å²) < 4.78 is 10.4. The van der Waals surface area contributed by atoms with Gasteiger partial charge in [0.1, 0.15) is 0 Å². The smallest absolute Gasteiger partial charge is 0.260 e. The van der Waals surface area contributed by atoms with Crippen LogP contribution in [0.15, 0.2) is 53.7 Å². The molecule has 2 rings (SSSR count). The van der Waals surface area contributed by atoms with Crippen molar-refractivity contribution in [2.24, 2.45) is 5.16 Å². The van der Waals surface area contributed by atoms with Crippen LogP contribution in [0.2, 0.25) is 0 Å². The number of carbonyl (C=O) groups excluding carboxylic acids is 1. The molecular formula is C20H24N2O4. The van der Waals surface area contributed by atoms with Crippen LogP contribution in [0, 0.1) is 0 Å². The minimum absolute atomic E-state index is 0.134. The van der Waals surface area contributed by atoms with E-state index in [0.717, 1.165) is 5.56 Å². The summed E-state index contributed by atoms with van der Waals surface area (Å²) >= 11 is 0. The van der Waals surface area contributed by atoms with Gasteiger partial charge in [0.25, 0.3) is 5.91 Å². The van der Waals surface area contributed by atoms with Crippen molar-refractivity contribution in [3.05, 3.63) is 59.7 Å². The number of ether oxygens (including phenoxy) is 2. The quantitative estimate of drug-likeness (QED) is 0.554.